The number of amides is 3. The average molecular weight is 382 g/mol. The molecule has 0 bridgehead atoms. The number of nitrogens with one attached hydrogen (secondary N) is 2. The number of hydroxylamine groups is 1. The first kappa shape index (κ1) is 21.7. The van der Waals surface area contributed by atoms with Crippen molar-refractivity contribution in [2.45, 2.75) is 83.6 Å². The summed E-state index contributed by atoms with van der Waals surface area (Å²) in [5.41, 5.74) is 1.62. The quantitative estimate of drug-likeness (QED) is 0.422. The van der Waals surface area contributed by atoms with E-state index in [-0.39, 0.29) is 18.2 Å². The van der Waals surface area contributed by atoms with Crippen molar-refractivity contribution < 1.29 is 19.6 Å². The molecule has 3 N–H and O–H groups in total. The third kappa shape index (κ3) is 6.48. The molecule has 0 aromatic rings. The lowest BCUT2D eigenvalue weighted by molar-refractivity contribution is -0.144. The number of rotatable bonds is 9. The molecule has 7 heteroatoms. The second-order valence-corrected chi connectivity index (χ2v) is 8.02. The molecule has 2 atom stereocenters. The summed E-state index contributed by atoms with van der Waals surface area (Å²) in [5.74, 6) is -0.681. The molecule has 0 radical (unpaired) electrons. The highest BCUT2D eigenvalue weighted by atomic mass is 16.5. The molecule has 2 aliphatic rings. The maximum Gasteiger partial charge on any atom is 0.244 e. The van der Waals surface area contributed by atoms with Crippen LogP contribution in [0.25, 0.3) is 0 Å². The minimum absolute atomic E-state index is 0.0394. The van der Waals surface area contributed by atoms with Crippen molar-refractivity contribution in [3.8, 4) is 0 Å². The molecule has 27 heavy (non-hydrogen) atoms. The van der Waals surface area contributed by atoms with Gasteiger partial charge in [0.25, 0.3) is 0 Å². The van der Waals surface area contributed by atoms with E-state index in [0.29, 0.717) is 31.8 Å². The van der Waals surface area contributed by atoms with Crippen molar-refractivity contribution in [1.82, 2.24) is 15.7 Å². The summed E-state index contributed by atoms with van der Waals surface area (Å²) in [6, 6.07) is -0.428. The molecule has 1 saturated heterocycles. The third-order valence-electron chi connectivity index (χ3n) is 5.94. The van der Waals surface area contributed by atoms with Crippen LogP contribution in [0, 0.1) is 11.8 Å². The van der Waals surface area contributed by atoms with Crippen LogP contribution in [0.15, 0.2) is 0 Å². The van der Waals surface area contributed by atoms with E-state index in [1.54, 1.807) is 10.4 Å². The minimum atomic E-state index is -0.554. The zero-order chi connectivity index (χ0) is 19.6. The van der Waals surface area contributed by atoms with E-state index in [0.717, 1.165) is 19.3 Å². The average Bonchev–Trinajstić information content (AvgIpc) is 3.19. The van der Waals surface area contributed by atoms with Gasteiger partial charge in [-0.3, -0.25) is 19.6 Å². The monoisotopic (exact) mass is 381 g/mol. The molecule has 2 fully saturated rings. The van der Waals surface area contributed by atoms with Gasteiger partial charge in [-0.15, -0.1) is 0 Å². The van der Waals surface area contributed by atoms with Crippen LogP contribution in [0.5, 0.6) is 0 Å². The molecule has 0 aromatic carbocycles. The molecule has 0 aromatic heterocycles. The van der Waals surface area contributed by atoms with Crippen molar-refractivity contribution in [3.63, 3.8) is 0 Å². The van der Waals surface area contributed by atoms with Crippen molar-refractivity contribution >= 4 is 17.7 Å². The number of nitrogens with zero attached hydrogens (tertiary/aromatic N) is 1. The van der Waals surface area contributed by atoms with Gasteiger partial charge in [0.15, 0.2) is 0 Å². The smallest absolute Gasteiger partial charge is 0.244 e. The normalized spacial score (nSPS) is 21.7. The van der Waals surface area contributed by atoms with Crippen LogP contribution in [0.4, 0.5) is 0 Å². The van der Waals surface area contributed by atoms with E-state index in [1.807, 2.05) is 6.92 Å². The zero-order valence-electron chi connectivity index (χ0n) is 16.5. The second kappa shape index (κ2) is 11.3. The predicted octanol–water partition coefficient (Wildman–Crippen LogP) is 2.38. The Balaban J connectivity index is 1.93. The molecule has 1 unspecified atom stereocenters. The number of likely N-dealkylation sites (tertiary alicyclic amines) is 1. The summed E-state index contributed by atoms with van der Waals surface area (Å²) in [6.45, 7) is 3.29. The summed E-state index contributed by atoms with van der Waals surface area (Å²) in [7, 11) is 0. The Morgan fingerprint density at radius 3 is 2.52 bits per heavy atom. The van der Waals surface area contributed by atoms with Gasteiger partial charge in [0.2, 0.25) is 17.7 Å². The van der Waals surface area contributed by atoms with Crippen LogP contribution in [-0.4, -0.2) is 47.0 Å². The highest BCUT2D eigenvalue weighted by Gasteiger charge is 2.37. The molecule has 154 valence electrons. The molecule has 1 aliphatic heterocycles. The SMILES string of the molecule is CCCC[C@H](CC(=O)NO)C(=O)N1CCCC1C(=O)NCC1CCCCC1. The van der Waals surface area contributed by atoms with Gasteiger partial charge in [-0.1, -0.05) is 39.0 Å². The predicted molar refractivity (Wildman–Crippen MR) is 102 cm³/mol. The fourth-order valence-corrected chi connectivity index (χ4v) is 4.32. The Kier molecular flexibility index (Phi) is 9.04. The fourth-order valence-electron chi connectivity index (χ4n) is 4.32. The topological polar surface area (TPSA) is 98.7 Å². The highest BCUT2D eigenvalue weighted by molar-refractivity contribution is 5.91. The van der Waals surface area contributed by atoms with Gasteiger partial charge in [0.1, 0.15) is 6.04 Å². The summed E-state index contributed by atoms with van der Waals surface area (Å²) in [5, 5.41) is 11.9. The van der Waals surface area contributed by atoms with Gasteiger partial charge in [-0.2, -0.15) is 0 Å². The van der Waals surface area contributed by atoms with Crippen molar-refractivity contribution in [2.24, 2.45) is 11.8 Å². The minimum Gasteiger partial charge on any atom is -0.354 e. The zero-order valence-corrected chi connectivity index (χ0v) is 16.5. The van der Waals surface area contributed by atoms with Crippen molar-refractivity contribution in [2.75, 3.05) is 13.1 Å². The summed E-state index contributed by atoms with van der Waals surface area (Å²) in [4.78, 5) is 38.9. The first-order chi connectivity index (χ1) is 13.1. The fraction of sp³-hybridized carbons (Fsp3) is 0.850. The Morgan fingerprint density at radius 1 is 1.11 bits per heavy atom. The molecule has 1 heterocycles. The molecule has 2 rings (SSSR count). The molecule has 1 aliphatic carbocycles. The molecular formula is C20H35N3O4. The highest BCUT2D eigenvalue weighted by Crippen LogP contribution is 2.25. The van der Waals surface area contributed by atoms with Gasteiger partial charge < -0.3 is 10.2 Å². The van der Waals surface area contributed by atoms with Crippen LogP contribution in [0.1, 0.15) is 77.6 Å². The lowest BCUT2D eigenvalue weighted by Crippen LogP contribution is -2.49. The first-order valence-electron chi connectivity index (χ1n) is 10.6. The molecule has 3 amide bonds. The molecule has 1 saturated carbocycles. The Labute approximate surface area is 162 Å². The molecule has 7 nitrogen and oxygen atoms in total. The number of hydrogen-bond acceptors (Lipinski definition) is 4. The van der Waals surface area contributed by atoms with E-state index in [4.69, 9.17) is 5.21 Å². The molecule has 0 spiro atoms. The van der Waals surface area contributed by atoms with E-state index in [9.17, 15) is 14.4 Å². The Bertz CT molecular complexity index is 505. The number of carbonyl (C=O) groups excluding carboxylic acids is 3. The van der Waals surface area contributed by atoms with Gasteiger partial charge in [0, 0.05) is 25.4 Å². The van der Waals surface area contributed by atoms with Crippen LogP contribution < -0.4 is 10.8 Å². The van der Waals surface area contributed by atoms with Crippen LogP contribution in [-0.2, 0) is 14.4 Å². The van der Waals surface area contributed by atoms with Crippen LogP contribution in [0.3, 0.4) is 0 Å². The standard InChI is InChI=1S/C20H35N3O4/c1-2-3-10-16(13-18(24)22-27)20(26)23-12-7-11-17(23)19(25)21-14-15-8-5-4-6-9-15/h15-17,27H,2-14H2,1H3,(H,21,25)(H,22,24)/t16-,17?/m1/s1. The molecular weight excluding hydrogens is 346 g/mol. The van der Waals surface area contributed by atoms with Crippen molar-refractivity contribution in [3.05, 3.63) is 0 Å². The lowest BCUT2D eigenvalue weighted by atomic mass is 9.89. The Morgan fingerprint density at radius 2 is 1.85 bits per heavy atom. The second-order valence-electron chi connectivity index (χ2n) is 8.02. The van der Waals surface area contributed by atoms with Crippen LogP contribution in [0.2, 0.25) is 0 Å². The Hall–Kier alpha value is -1.63. The van der Waals surface area contributed by atoms with Gasteiger partial charge in [-0.05, 0) is 38.0 Å². The summed E-state index contributed by atoms with van der Waals surface area (Å²) < 4.78 is 0. The van der Waals surface area contributed by atoms with Crippen LogP contribution >= 0.6 is 0 Å². The third-order valence-corrected chi connectivity index (χ3v) is 5.94. The number of hydrogen-bond donors (Lipinski definition) is 3. The number of unbranched alkanes of at least 4 members (excludes halogenated alkanes) is 1. The van der Waals surface area contributed by atoms with Gasteiger partial charge in [-0.25, -0.2) is 5.48 Å². The maximum absolute atomic E-state index is 13.0. The first-order valence-corrected chi connectivity index (χ1v) is 10.6. The van der Waals surface area contributed by atoms with E-state index in [2.05, 4.69) is 5.32 Å². The van der Waals surface area contributed by atoms with Gasteiger partial charge in [0.05, 0.1) is 0 Å². The largest absolute Gasteiger partial charge is 0.354 e. The summed E-state index contributed by atoms with van der Waals surface area (Å²) in [6.07, 6.45) is 9.90. The summed E-state index contributed by atoms with van der Waals surface area (Å²) >= 11 is 0. The lowest BCUT2D eigenvalue weighted by Gasteiger charge is -2.29. The van der Waals surface area contributed by atoms with E-state index < -0.39 is 17.9 Å². The maximum atomic E-state index is 13.0. The number of carbonyl (C=O) groups is 3. The van der Waals surface area contributed by atoms with Crippen molar-refractivity contribution in [1.29, 1.82) is 0 Å². The van der Waals surface area contributed by atoms with Gasteiger partial charge >= 0.3 is 0 Å². The van der Waals surface area contributed by atoms with E-state index in [1.165, 1.54) is 32.1 Å². The van der Waals surface area contributed by atoms with E-state index >= 15 is 0 Å².